The van der Waals surface area contributed by atoms with Crippen molar-refractivity contribution in [1.29, 1.82) is 0 Å². The van der Waals surface area contributed by atoms with Crippen LogP contribution in [-0.2, 0) is 0 Å². The number of hydrogen-bond donors (Lipinski definition) is 2. The van der Waals surface area contributed by atoms with Gasteiger partial charge in [0.15, 0.2) is 0 Å². The molecule has 0 unspecified atom stereocenters. The zero-order chi connectivity index (χ0) is 14.9. The van der Waals surface area contributed by atoms with Crippen molar-refractivity contribution in [2.24, 2.45) is 0 Å². The van der Waals surface area contributed by atoms with Gasteiger partial charge in [-0.1, -0.05) is 27.5 Å². The molecule has 0 spiro atoms. The number of amides is 1. The van der Waals surface area contributed by atoms with Gasteiger partial charge in [0.1, 0.15) is 5.82 Å². The lowest BCUT2D eigenvalue weighted by Crippen LogP contribution is -2.13. The van der Waals surface area contributed by atoms with Crippen LogP contribution in [0.5, 0.6) is 0 Å². The number of halogens is 3. The zero-order valence-electron chi connectivity index (χ0n) is 10.5. The molecule has 2 aromatic rings. The van der Waals surface area contributed by atoms with Gasteiger partial charge in [0.2, 0.25) is 0 Å². The highest BCUT2D eigenvalue weighted by Gasteiger charge is 2.12. The van der Waals surface area contributed by atoms with E-state index >= 15 is 0 Å². The molecule has 0 heterocycles. The van der Waals surface area contributed by atoms with Crippen LogP contribution in [0.25, 0.3) is 0 Å². The molecular formula is C14H11BrClFN2O. The maximum atomic E-state index is 13.6. The molecule has 0 aliphatic heterocycles. The number of nitrogens with one attached hydrogen (secondary N) is 1. The number of rotatable bonds is 2. The lowest BCUT2D eigenvalue weighted by atomic mass is 10.1. The molecule has 0 saturated carbocycles. The van der Waals surface area contributed by atoms with E-state index in [1.807, 2.05) is 0 Å². The summed E-state index contributed by atoms with van der Waals surface area (Å²) in [4.78, 5) is 12.1. The summed E-state index contributed by atoms with van der Waals surface area (Å²) in [7, 11) is 0. The van der Waals surface area contributed by atoms with Crippen LogP contribution in [0.3, 0.4) is 0 Å². The van der Waals surface area contributed by atoms with Crippen molar-refractivity contribution in [3.63, 3.8) is 0 Å². The summed E-state index contributed by atoms with van der Waals surface area (Å²) >= 11 is 9.28. The van der Waals surface area contributed by atoms with Crippen molar-refractivity contribution in [3.05, 3.63) is 56.8 Å². The Labute approximate surface area is 129 Å². The van der Waals surface area contributed by atoms with Crippen LogP contribution >= 0.6 is 27.5 Å². The number of benzene rings is 2. The molecule has 0 aliphatic carbocycles. The van der Waals surface area contributed by atoms with Crippen LogP contribution in [0.1, 0.15) is 15.9 Å². The van der Waals surface area contributed by atoms with Gasteiger partial charge in [0.25, 0.3) is 5.91 Å². The Balaban J connectivity index is 2.28. The SMILES string of the molecule is Cc1c(N)cc(C(=O)Nc2ccc(Br)cc2Cl)cc1F. The fourth-order valence-electron chi connectivity index (χ4n) is 1.62. The van der Waals surface area contributed by atoms with E-state index in [9.17, 15) is 9.18 Å². The molecule has 6 heteroatoms. The van der Waals surface area contributed by atoms with E-state index in [-0.39, 0.29) is 11.3 Å². The van der Waals surface area contributed by atoms with Crippen LogP contribution in [0, 0.1) is 12.7 Å². The van der Waals surface area contributed by atoms with Gasteiger partial charge in [-0.15, -0.1) is 0 Å². The van der Waals surface area contributed by atoms with Gasteiger partial charge in [0.05, 0.1) is 10.7 Å². The minimum Gasteiger partial charge on any atom is -0.398 e. The Bertz CT molecular complexity index is 668. The largest absolute Gasteiger partial charge is 0.398 e. The quantitative estimate of drug-likeness (QED) is 0.783. The number of nitrogen functional groups attached to an aromatic ring is 1. The second-order valence-corrected chi connectivity index (χ2v) is 5.57. The topological polar surface area (TPSA) is 55.1 Å². The first kappa shape index (κ1) is 14.8. The van der Waals surface area contributed by atoms with Crippen LogP contribution in [0.2, 0.25) is 5.02 Å². The van der Waals surface area contributed by atoms with E-state index in [4.69, 9.17) is 17.3 Å². The Morgan fingerprint density at radius 2 is 2.05 bits per heavy atom. The molecule has 2 aromatic carbocycles. The molecule has 0 saturated heterocycles. The summed E-state index contributed by atoms with van der Waals surface area (Å²) < 4.78 is 14.4. The molecule has 104 valence electrons. The number of nitrogens with two attached hydrogens (primary N) is 1. The molecule has 0 aromatic heterocycles. The van der Waals surface area contributed by atoms with Crippen molar-refractivity contribution in [2.45, 2.75) is 6.92 Å². The van der Waals surface area contributed by atoms with Gasteiger partial charge >= 0.3 is 0 Å². The summed E-state index contributed by atoms with van der Waals surface area (Å²) in [6.07, 6.45) is 0. The van der Waals surface area contributed by atoms with Gasteiger partial charge in [-0.25, -0.2) is 4.39 Å². The number of anilines is 2. The fraction of sp³-hybridized carbons (Fsp3) is 0.0714. The van der Waals surface area contributed by atoms with E-state index < -0.39 is 11.7 Å². The summed E-state index contributed by atoms with van der Waals surface area (Å²) in [5, 5.41) is 3.00. The van der Waals surface area contributed by atoms with Gasteiger partial charge in [-0.3, -0.25) is 4.79 Å². The minimum atomic E-state index is -0.517. The molecule has 0 atom stereocenters. The van der Waals surface area contributed by atoms with Crippen LogP contribution < -0.4 is 11.1 Å². The molecule has 2 rings (SSSR count). The van der Waals surface area contributed by atoms with Crippen LogP contribution in [-0.4, -0.2) is 5.91 Å². The molecule has 20 heavy (non-hydrogen) atoms. The first-order valence-corrected chi connectivity index (χ1v) is 6.87. The Morgan fingerprint density at radius 3 is 2.65 bits per heavy atom. The van der Waals surface area contributed by atoms with Gasteiger partial charge in [0, 0.05) is 21.3 Å². The second-order valence-electron chi connectivity index (χ2n) is 4.25. The molecule has 3 nitrogen and oxygen atoms in total. The predicted octanol–water partition coefficient (Wildman–Crippen LogP) is 4.38. The Morgan fingerprint density at radius 1 is 1.35 bits per heavy atom. The van der Waals surface area contributed by atoms with Crippen LogP contribution in [0.15, 0.2) is 34.8 Å². The second kappa shape index (κ2) is 5.81. The van der Waals surface area contributed by atoms with E-state index in [1.54, 1.807) is 25.1 Å². The number of carbonyl (C=O) groups is 1. The average Bonchev–Trinajstić information content (AvgIpc) is 2.38. The van der Waals surface area contributed by atoms with Crippen molar-refractivity contribution < 1.29 is 9.18 Å². The molecule has 0 fully saturated rings. The maximum absolute atomic E-state index is 13.6. The molecule has 3 N–H and O–H groups in total. The molecule has 0 bridgehead atoms. The van der Waals surface area contributed by atoms with Gasteiger partial charge < -0.3 is 11.1 Å². The smallest absolute Gasteiger partial charge is 0.255 e. The number of carbonyl (C=O) groups excluding carboxylic acids is 1. The van der Waals surface area contributed by atoms with Crippen molar-refractivity contribution >= 4 is 44.8 Å². The highest BCUT2D eigenvalue weighted by molar-refractivity contribution is 9.10. The fourth-order valence-corrected chi connectivity index (χ4v) is 2.34. The highest BCUT2D eigenvalue weighted by Crippen LogP contribution is 2.26. The summed E-state index contributed by atoms with van der Waals surface area (Å²) in [5.41, 5.74) is 6.79. The van der Waals surface area contributed by atoms with E-state index in [0.717, 1.165) is 10.5 Å². The lowest BCUT2D eigenvalue weighted by Gasteiger charge is -2.09. The highest BCUT2D eigenvalue weighted by atomic mass is 79.9. The molecular weight excluding hydrogens is 347 g/mol. The third kappa shape index (κ3) is 3.11. The first-order valence-electron chi connectivity index (χ1n) is 5.70. The Hall–Kier alpha value is -1.59. The number of hydrogen-bond acceptors (Lipinski definition) is 2. The van der Waals surface area contributed by atoms with Crippen molar-refractivity contribution in [3.8, 4) is 0 Å². The van der Waals surface area contributed by atoms with Gasteiger partial charge in [-0.2, -0.15) is 0 Å². The Kier molecular flexibility index (Phi) is 4.30. The van der Waals surface area contributed by atoms with Crippen molar-refractivity contribution in [1.82, 2.24) is 0 Å². The van der Waals surface area contributed by atoms with Gasteiger partial charge in [-0.05, 0) is 37.3 Å². The van der Waals surface area contributed by atoms with E-state index in [2.05, 4.69) is 21.2 Å². The predicted molar refractivity (Wildman–Crippen MR) is 82.7 cm³/mol. The monoisotopic (exact) mass is 356 g/mol. The van der Waals surface area contributed by atoms with Crippen LogP contribution in [0.4, 0.5) is 15.8 Å². The van der Waals surface area contributed by atoms with Crippen molar-refractivity contribution in [2.75, 3.05) is 11.1 Å². The van der Waals surface area contributed by atoms with E-state index in [1.165, 1.54) is 6.07 Å². The molecule has 0 radical (unpaired) electrons. The maximum Gasteiger partial charge on any atom is 0.255 e. The standard InChI is InChI=1S/C14H11BrClFN2O/c1-7-11(17)4-8(5-12(7)18)14(20)19-13-3-2-9(15)6-10(13)16/h2-6H,18H2,1H3,(H,19,20). The summed E-state index contributed by atoms with van der Waals surface area (Å²) in [6, 6.07) is 7.62. The minimum absolute atomic E-state index is 0.143. The normalized spacial score (nSPS) is 10.4. The zero-order valence-corrected chi connectivity index (χ0v) is 12.8. The molecule has 1 amide bonds. The molecule has 0 aliphatic rings. The third-order valence-electron chi connectivity index (χ3n) is 2.83. The lowest BCUT2D eigenvalue weighted by molar-refractivity contribution is 0.102. The summed E-state index contributed by atoms with van der Waals surface area (Å²) in [5.74, 6) is -0.989. The summed E-state index contributed by atoms with van der Waals surface area (Å²) in [6.45, 7) is 1.55. The average molecular weight is 358 g/mol. The third-order valence-corrected chi connectivity index (χ3v) is 3.63. The van der Waals surface area contributed by atoms with E-state index in [0.29, 0.717) is 16.3 Å². The first-order chi connectivity index (χ1) is 9.38.